The van der Waals surface area contributed by atoms with Gasteiger partial charge in [0.2, 0.25) is 5.91 Å². The van der Waals surface area contributed by atoms with Crippen LogP contribution in [0.1, 0.15) is 18.4 Å². The summed E-state index contributed by atoms with van der Waals surface area (Å²) >= 11 is 0. The van der Waals surface area contributed by atoms with E-state index in [2.05, 4.69) is 6.58 Å². The lowest BCUT2D eigenvalue weighted by molar-refractivity contribution is -0.114. The second-order valence-corrected chi connectivity index (χ2v) is 5.56. The average molecular weight is 269 g/mol. The van der Waals surface area contributed by atoms with E-state index in [1.807, 2.05) is 0 Å². The zero-order valence-electron chi connectivity index (χ0n) is 9.91. The van der Waals surface area contributed by atoms with Gasteiger partial charge in [-0.2, -0.15) is 8.42 Å². The molecule has 1 aromatic carbocycles. The van der Waals surface area contributed by atoms with Crippen molar-refractivity contribution in [2.75, 3.05) is 0 Å². The van der Waals surface area contributed by atoms with Crippen LogP contribution >= 0.6 is 0 Å². The molecule has 3 N–H and O–H groups in total. The summed E-state index contributed by atoms with van der Waals surface area (Å²) in [6.07, 6.45) is 0. The first kappa shape index (κ1) is 14.4. The molecule has 0 spiro atoms. The lowest BCUT2D eigenvalue weighted by Crippen LogP contribution is -2.34. The number of carbonyl (C=O) groups is 1. The number of amides is 1. The number of carbonyl (C=O) groups excluding carboxylic acids is 1. The molecule has 0 aliphatic carbocycles. The third-order valence-corrected chi connectivity index (χ3v) is 4.09. The molecule has 0 aliphatic rings. The highest BCUT2D eigenvalue weighted by molar-refractivity contribution is 7.86. The van der Waals surface area contributed by atoms with Gasteiger partial charge in [0.05, 0.1) is 0 Å². The SMILES string of the molecule is C=C(C(N)=O)C(C(C)c1ccccc1)S(=O)(=O)O. The topological polar surface area (TPSA) is 97.5 Å². The number of benzene rings is 1. The molecule has 2 atom stereocenters. The standard InChI is InChI=1S/C12H15NO4S/c1-8(10-6-4-3-5-7-10)11(18(15,16)17)9(2)12(13)14/h3-8,11H,2H2,1H3,(H2,13,14)(H,15,16,17). The van der Waals surface area contributed by atoms with Crippen molar-refractivity contribution in [2.45, 2.75) is 18.1 Å². The van der Waals surface area contributed by atoms with Crippen LogP contribution < -0.4 is 5.73 Å². The van der Waals surface area contributed by atoms with Crippen molar-refractivity contribution in [1.82, 2.24) is 0 Å². The molecule has 2 unspecified atom stereocenters. The van der Waals surface area contributed by atoms with E-state index in [0.29, 0.717) is 5.56 Å². The number of hydrogen-bond donors (Lipinski definition) is 2. The van der Waals surface area contributed by atoms with E-state index in [-0.39, 0.29) is 5.57 Å². The largest absolute Gasteiger partial charge is 0.366 e. The Bertz CT molecular complexity index is 551. The first-order chi connectivity index (χ1) is 8.25. The van der Waals surface area contributed by atoms with E-state index in [1.165, 1.54) is 0 Å². The molecule has 1 aromatic rings. The molecule has 0 saturated carbocycles. The van der Waals surface area contributed by atoms with Gasteiger partial charge in [0.1, 0.15) is 5.25 Å². The van der Waals surface area contributed by atoms with Gasteiger partial charge >= 0.3 is 0 Å². The molecular weight excluding hydrogens is 254 g/mol. The van der Waals surface area contributed by atoms with Crippen LogP contribution in [0.25, 0.3) is 0 Å². The molecule has 0 aliphatic heterocycles. The molecule has 0 radical (unpaired) electrons. The minimum atomic E-state index is -4.46. The minimum Gasteiger partial charge on any atom is -0.366 e. The van der Waals surface area contributed by atoms with E-state index in [4.69, 9.17) is 5.73 Å². The third-order valence-electron chi connectivity index (χ3n) is 2.76. The predicted octanol–water partition coefficient (Wildman–Crippen LogP) is 1.09. The fraction of sp³-hybridized carbons (Fsp3) is 0.250. The maximum Gasteiger partial charge on any atom is 0.272 e. The molecule has 98 valence electrons. The van der Waals surface area contributed by atoms with Crippen molar-refractivity contribution in [3.05, 3.63) is 48.0 Å². The molecule has 0 bridgehead atoms. The third kappa shape index (κ3) is 3.18. The molecule has 5 nitrogen and oxygen atoms in total. The van der Waals surface area contributed by atoms with E-state index in [9.17, 15) is 17.8 Å². The summed E-state index contributed by atoms with van der Waals surface area (Å²) in [4.78, 5) is 11.1. The number of rotatable bonds is 5. The average Bonchev–Trinajstić information content (AvgIpc) is 2.28. The maximum absolute atomic E-state index is 11.4. The van der Waals surface area contributed by atoms with Crippen molar-refractivity contribution in [2.24, 2.45) is 5.73 Å². The Hall–Kier alpha value is -1.66. The normalized spacial score (nSPS) is 14.8. The van der Waals surface area contributed by atoms with Crippen molar-refractivity contribution >= 4 is 16.0 Å². The molecule has 1 rings (SSSR count). The number of primary amides is 1. The molecule has 18 heavy (non-hydrogen) atoms. The summed E-state index contributed by atoms with van der Waals surface area (Å²) in [7, 11) is -4.46. The van der Waals surface area contributed by atoms with E-state index < -0.39 is 27.2 Å². The second-order valence-electron chi connectivity index (χ2n) is 4.02. The van der Waals surface area contributed by atoms with Gasteiger partial charge in [0.25, 0.3) is 10.1 Å². The fourth-order valence-electron chi connectivity index (χ4n) is 1.81. The Kier molecular flexibility index (Phi) is 4.26. The summed E-state index contributed by atoms with van der Waals surface area (Å²) in [5.41, 5.74) is 5.38. The highest BCUT2D eigenvalue weighted by Crippen LogP contribution is 2.28. The van der Waals surface area contributed by atoms with Gasteiger partial charge in [-0.05, 0) is 5.56 Å². The van der Waals surface area contributed by atoms with E-state index >= 15 is 0 Å². The van der Waals surface area contributed by atoms with Gasteiger partial charge in [0.15, 0.2) is 0 Å². The Labute approximate surface area is 106 Å². The van der Waals surface area contributed by atoms with Gasteiger partial charge in [-0.3, -0.25) is 9.35 Å². The van der Waals surface area contributed by atoms with Crippen molar-refractivity contribution < 1.29 is 17.8 Å². The molecule has 0 heterocycles. The summed E-state index contributed by atoms with van der Waals surface area (Å²) in [6.45, 7) is 4.94. The summed E-state index contributed by atoms with van der Waals surface area (Å²) in [5, 5.41) is -1.43. The van der Waals surface area contributed by atoms with Crippen LogP contribution in [-0.2, 0) is 14.9 Å². The molecule has 0 aromatic heterocycles. The van der Waals surface area contributed by atoms with Gasteiger partial charge in [0, 0.05) is 11.5 Å². The van der Waals surface area contributed by atoms with Crippen molar-refractivity contribution in [3.63, 3.8) is 0 Å². The smallest absolute Gasteiger partial charge is 0.272 e. The predicted molar refractivity (Wildman–Crippen MR) is 68.5 cm³/mol. The zero-order chi connectivity index (χ0) is 13.9. The van der Waals surface area contributed by atoms with Gasteiger partial charge < -0.3 is 5.73 Å². The number of hydrogen-bond acceptors (Lipinski definition) is 3. The quantitative estimate of drug-likeness (QED) is 0.617. The first-order valence-corrected chi connectivity index (χ1v) is 6.75. The van der Waals surface area contributed by atoms with Crippen LogP contribution in [0.5, 0.6) is 0 Å². The minimum absolute atomic E-state index is 0.325. The molecule has 0 saturated heterocycles. The van der Waals surface area contributed by atoms with Crippen molar-refractivity contribution in [3.8, 4) is 0 Å². The highest BCUT2D eigenvalue weighted by atomic mass is 32.2. The van der Waals surface area contributed by atoms with E-state index in [0.717, 1.165) is 0 Å². The monoisotopic (exact) mass is 269 g/mol. The van der Waals surface area contributed by atoms with Crippen LogP contribution in [0, 0.1) is 0 Å². The van der Waals surface area contributed by atoms with Gasteiger partial charge in [-0.25, -0.2) is 0 Å². The summed E-state index contributed by atoms with van der Waals surface area (Å²) < 4.78 is 32.0. The van der Waals surface area contributed by atoms with Crippen LogP contribution in [0.2, 0.25) is 0 Å². The fourth-order valence-corrected chi connectivity index (χ4v) is 2.96. The van der Waals surface area contributed by atoms with Crippen molar-refractivity contribution in [1.29, 1.82) is 0 Å². The Morgan fingerprint density at radius 3 is 2.22 bits per heavy atom. The maximum atomic E-state index is 11.4. The Morgan fingerprint density at radius 2 is 1.83 bits per heavy atom. The molecule has 1 amide bonds. The zero-order valence-corrected chi connectivity index (χ0v) is 10.7. The van der Waals surface area contributed by atoms with Gasteiger partial charge in [-0.1, -0.05) is 43.8 Å². The molecule has 0 fully saturated rings. The Morgan fingerprint density at radius 1 is 1.33 bits per heavy atom. The van der Waals surface area contributed by atoms with Crippen LogP contribution in [0.15, 0.2) is 42.5 Å². The first-order valence-electron chi connectivity index (χ1n) is 5.25. The van der Waals surface area contributed by atoms with E-state index in [1.54, 1.807) is 37.3 Å². The number of nitrogens with two attached hydrogens (primary N) is 1. The van der Waals surface area contributed by atoms with Crippen LogP contribution in [-0.4, -0.2) is 24.1 Å². The summed E-state index contributed by atoms with van der Waals surface area (Å²) in [5.74, 6) is -1.57. The lowest BCUT2D eigenvalue weighted by Gasteiger charge is -2.22. The lowest BCUT2D eigenvalue weighted by atomic mass is 9.93. The van der Waals surface area contributed by atoms with Gasteiger partial charge in [-0.15, -0.1) is 0 Å². The van der Waals surface area contributed by atoms with Crippen LogP contribution in [0.3, 0.4) is 0 Å². The Balaban J connectivity index is 3.21. The highest BCUT2D eigenvalue weighted by Gasteiger charge is 2.35. The second kappa shape index (κ2) is 5.32. The molecule has 6 heteroatoms. The molecular formula is C12H15NO4S. The van der Waals surface area contributed by atoms with Crippen LogP contribution in [0.4, 0.5) is 0 Å². The summed E-state index contributed by atoms with van der Waals surface area (Å²) in [6, 6.07) is 8.66.